The lowest BCUT2D eigenvalue weighted by Gasteiger charge is -2.22. The van der Waals surface area contributed by atoms with Gasteiger partial charge in [0.1, 0.15) is 32.7 Å². The summed E-state index contributed by atoms with van der Waals surface area (Å²) in [5.74, 6) is -0.631. The van der Waals surface area contributed by atoms with Crippen molar-refractivity contribution in [3.8, 4) is 0 Å². The molecule has 0 aromatic heterocycles. The van der Waals surface area contributed by atoms with Crippen LogP contribution in [0, 0.1) is 5.92 Å². The van der Waals surface area contributed by atoms with E-state index in [0.29, 0.717) is 0 Å². The molecule has 1 aliphatic heterocycles. The molecule has 1 aliphatic carbocycles. The van der Waals surface area contributed by atoms with Crippen LogP contribution in [0.1, 0.15) is 51.5 Å². The molecule has 4 heteroatoms. The minimum atomic E-state index is -0.602. The summed E-state index contributed by atoms with van der Waals surface area (Å²) in [7, 11) is 0. The summed E-state index contributed by atoms with van der Waals surface area (Å²) in [6.07, 6.45) is 5.24. The number of carboxylic acid groups (broad SMARTS) is 1. The van der Waals surface area contributed by atoms with Crippen LogP contribution in [0.3, 0.4) is 0 Å². The maximum Gasteiger partial charge on any atom is 0.306 e. The second kappa shape index (κ2) is 13.0. The van der Waals surface area contributed by atoms with Gasteiger partial charge >= 0.3 is 5.97 Å². The van der Waals surface area contributed by atoms with E-state index < -0.39 is 5.97 Å². The Hall–Kier alpha value is -1.39. The van der Waals surface area contributed by atoms with Crippen LogP contribution in [0.15, 0.2) is 30.3 Å². The number of nitrogens with two attached hydrogens (primary N) is 1. The van der Waals surface area contributed by atoms with Crippen molar-refractivity contribution in [2.24, 2.45) is 5.92 Å². The summed E-state index contributed by atoms with van der Waals surface area (Å²) in [5.41, 5.74) is 1.47. The minimum absolute atomic E-state index is 0.0289. The van der Waals surface area contributed by atoms with Crippen molar-refractivity contribution < 1.29 is 20.1 Å². The molecule has 136 valence electrons. The fourth-order valence-corrected chi connectivity index (χ4v) is 3.29. The first-order valence-corrected chi connectivity index (χ1v) is 9.67. The molecule has 1 saturated carbocycles. The first-order chi connectivity index (χ1) is 11.8. The molecule has 2 aliphatic rings. The Kier molecular flexibility index (Phi) is 11.2. The lowest BCUT2D eigenvalue weighted by atomic mass is 9.90. The van der Waals surface area contributed by atoms with Crippen LogP contribution in [0.5, 0.6) is 0 Å². The lowest BCUT2D eigenvalue weighted by molar-refractivity contribution is -0.958. The monoisotopic (exact) mass is 336 g/mol. The number of hydrogen-bond donors (Lipinski definition) is 3. The van der Waals surface area contributed by atoms with Gasteiger partial charge in [0, 0.05) is 5.56 Å². The third kappa shape index (κ3) is 8.46. The third-order valence-electron chi connectivity index (χ3n) is 4.66. The number of quaternary nitrogens is 2. The van der Waals surface area contributed by atoms with E-state index in [4.69, 9.17) is 5.11 Å². The molecule has 1 saturated heterocycles. The van der Waals surface area contributed by atoms with Crippen molar-refractivity contribution in [1.82, 2.24) is 0 Å². The van der Waals surface area contributed by atoms with E-state index in [0.717, 1.165) is 25.7 Å². The van der Waals surface area contributed by atoms with E-state index in [1.807, 2.05) is 13.8 Å². The summed E-state index contributed by atoms with van der Waals surface area (Å²) in [5, 5.41) is 10.9. The molecule has 1 aromatic carbocycles. The lowest BCUT2D eigenvalue weighted by Crippen LogP contribution is -3.19. The Labute approximate surface area is 147 Å². The van der Waals surface area contributed by atoms with Crippen LogP contribution in [-0.2, 0) is 11.3 Å². The zero-order chi connectivity index (χ0) is 17.6. The normalized spacial score (nSPS) is 18.6. The quantitative estimate of drug-likeness (QED) is 0.780. The number of piperazine rings is 1. The Balaban J connectivity index is 0.000000230. The van der Waals surface area contributed by atoms with E-state index in [-0.39, 0.29) is 5.92 Å². The number of nitrogens with one attached hydrogen (secondary N) is 1. The highest BCUT2D eigenvalue weighted by Gasteiger charge is 2.19. The molecular formula is C20H36N2O2+2. The van der Waals surface area contributed by atoms with Crippen molar-refractivity contribution in [1.29, 1.82) is 0 Å². The number of rotatable bonds is 3. The molecule has 0 spiro atoms. The van der Waals surface area contributed by atoms with Gasteiger partial charge in [-0.1, -0.05) is 63.4 Å². The zero-order valence-electron chi connectivity index (χ0n) is 15.5. The molecule has 2 fully saturated rings. The van der Waals surface area contributed by atoms with Crippen LogP contribution in [0.4, 0.5) is 0 Å². The second-order valence-electron chi connectivity index (χ2n) is 6.45. The standard InChI is InChI=1S/C11H16N2.C7H12O2.C2H6/c1-2-4-11(5-3-1)10-13-8-6-12-7-9-13;8-7(9)6-4-2-1-3-5-6;1-2/h1-5,12H,6-10H2;6H,1-5H2,(H,8,9);1-2H3/p+2. The molecule has 0 atom stereocenters. The summed E-state index contributed by atoms with van der Waals surface area (Å²) < 4.78 is 0. The largest absolute Gasteiger partial charge is 0.481 e. The molecule has 4 N–H and O–H groups in total. The topological polar surface area (TPSA) is 58.3 Å². The molecule has 0 unspecified atom stereocenters. The van der Waals surface area contributed by atoms with Gasteiger partial charge in [0.25, 0.3) is 0 Å². The third-order valence-corrected chi connectivity index (χ3v) is 4.66. The van der Waals surface area contributed by atoms with Crippen LogP contribution in [-0.4, -0.2) is 37.3 Å². The van der Waals surface area contributed by atoms with E-state index in [1.165, 1.54) is 44.7 Å². The van der Waals surface area contributed by atoms with Crippen molar-refractivity contribution in [3.05, 3.63) is 35.9 Å². The number of carbonyl (C=O) groups is 1. The van der Waals surface area contributed by atoms with Crippen LogP contribution in [0.2, 0.25) is 0 Å². The maximum atomic E-state index is 10.4. The zero-order valence-corrected chi connectivity index (χ0v) is 15.5. The van der Waals surface area contributed by atoms with E-state index in [9.17, 15) is 4.79 Å². The summed E-state index contributed by atoms with van der Waals surface area (Å²) in [6.45, 7) is 10.4. The Morgan fingerprint density at radius 2 is 1.67 bits per heavy atom. The molecule has 1 aromatic rings. The second-order valence-corrected chi connectivity index (χ2v) is 6.45. The molecule has 24 heavy (non-hydrogen) atoms. The minimum Gasteiger partial charge on any atom is -0.481 e. The summed E-state index contributed by atoms with van der Waals surface area (Å²) in [6, 6.07) is 10.8. The number of carboxylic acids is 1. The molecule has 3 rings (SSSR count). The summed E-state index contributed by atoms with van der Waals surface area (Å²) in [4.78, 5) is 12.1. The Morgan fingerprint density at radius 3 is 2.17 bits per heavy atom. The van der Waals surface area contributed by atoms with Gasteiger partial charge in [-0.3, -0.25) is 4.79 Å². The van der Waals surface area contributed by atoms with E-state index in [1.54, 1.807) is 4.90 Å². The maximum absolute atomic E-state index is 10.4. The molecule has 4 nitrogen and oxygen atoms in total. The van der Waals surface area contributed by atoms with Gasteiger partial charge in [-0.15, -0.1) is 0 Å². The summed E-state index contributed by atoms with van der Waals surface area (Å²) >= 11 is 0. The van der Waals surface area contributed by atoms with Crippen molar-refractivity contribution >= 4 is 5.97 Å². The highest BCUT2D eigenvalue weighted by Crippen LogP contribution is 2.23. The SMILES string of the molecule is CC.O=C(O)C1CCCCC1.c1ccc(C[NH+]2CC[NH2+]CC2)cc1. The van der Waals surface area contributed by atoms with Crippen LogP contribution < -0.4 is 10.2 Å². The molecular weight excluding hydrogens is 300 g/mol. The Morgan fingerprint density at radius 1 is 1.08 bits per heavy atom. The first kappa shape index (κ1) is 20.7. The fraction of sp³-hybridized carbons (Fsp3) is 0.650. The van der Waals surface area contributed by atoms with Gasteiger partial charge in [-0.2, -0.15) is 0 Å². The van der Waals surface area contributed by atoms with Crippen LogP contribution in [0.25, 0.3) is 0 Å². The fourth-order valence-electron chi connectivity index (χ4n) is 3.29. The number of hydrogen-bond acceptors (Lipinski definition) is 1. The van der Waals surface area contributed by atoms with Gasteiger partial charge in [0.15, 0.2) is 0 Å². The molecule has 0 bridgehead atoms. The highest BCUT2D eigenvalue weighted by atomic mass is 16.4. The first-order valence-electron chi connectivity index (χ1n) is 9.67. The van der Waals surface area contributed by atoms with Gasteiger partial charge in [0.2, 0.25) is 0 Å². The smallest absolute Gasteiger partial charge is 0.306 e. The van der Waals surface area contributed by atoms with Crippen LogP contribution >= 0.6 is 0 Å². The predicted octanol–water partition coefficient (Wildman–Crippen LogP) is 1.33. The van der Waals surface area contributed by atoms with Crippen molar-refractivity contribution in [2.75, 3.05) is 26.2 Å². The van der Waals surface area contributed by atoms with Gasteiger partial charge in [-0.05, 0) is 12.8 Å². The average Bonchev–Trinajstić information content (AvgIpc) is 2.66. The van der Waals surface area contributed by atoms with Gasteiger partial charge < -0.3 is 15.3 Å². The van der Waals surface area contributed by atoms with Gasteiger partial charge in [0.05, 0.1) is 5.92 Å². The predicted molar refractivity (Wildman–Crippen MR) is 98.1 cm³/mol. The highest BCUT2D eigenvalue weighted by molar-refractivity contribution is 5.69. The number of aliphatic carboxylic acids is 1. The Bertz CT molecular complexity index is 425. The molecule has 1 heterocycles. The van der Waals surface area contributed by atoms with E-state index in [2.05, 4.69) is 35.6 Å². The van der Waals surface area contributed by atoms with Crippen molar-refractivity contribution in [2.45, 2.75) is 52.5 Å². The van der Waals surface area contributed by atoms with Gasteiger partial charge in [-0.25, -0.2) is 0 Å². The van der Waals surface area contributed by atoms with E-state index >= 15 is 0 Å². The number of benzene rings is 1. The molecule has 0 radical (unpaired) electrons. The molecule has 0 amide bonds. The average molecular weight is 337 g/mol. The van der Waals surface area contributed by atoms with Crippen molar-refractivity contribution in [3.63, 3.8) is 0 Å².